The second kappa shape index (κ2) is 10.9. The molecule has 2 heterocycles. The maximum atomic E-state index is 12.7. The van der Waals surface area contributed by atoms with Crippen molar-refractivity contribution in [1.29, 1.82) is 0 Å². The molecule has 2 fully saturated rings. The number of carbonyl (C=O) groups is 1. The van der Waals surface area contributed by atoms with Gasteiger partial charge in [-0.1, -0.05) is 42.5 Å². The summed E-state index contributed by atoms with van der Waals surface area (Å²) in [5.41, 5.74) is 1.40. The molecule has 5 nitrogen and oxygen atoms in total. The van der Waals surface area contributed by atoms with Crippen LogP contribution in [0, 0.1) is 0 Å². The van der Waals surface area contributed by atoms with E-state index in [-0.39, 0.29) is 11.3 Å². The summed E-state index contributed by atoms with van der Waals surface area (Å²) < 4.78 is 43.8. The first-order valence-corrected chi connectivity index (χ1v) is 11.8. The van der Waals surface area contributed by atoms with Crippen LogP contribution in [0.5, 0.6) is 0 Å². The van der Waals surface area contributed by atoms with Crippen LogP contribution in [0.3, 0.4) is 0 Å². The number of benzene rings is 2. The molecule has 184 valence electrons. The average Bonchev–Trinajstić information content (AvgIpc) is 2.85. The molecule has 0 spiro atoms. The van der Waals surface area contributed by atoms with E-state index in [4.69, 9.17) is 4.74 Å². The van der Waals surface area contributed by atoms with Gasteiger partial charge < -0.3 is 10.1 Å². The Hall–Kier alpha value is -2.42. The molecule has 1 N–H and O–H groups in total. The number of alkyl halides is 3. The highest BCUT2D eigenvalue weighted by molar-refractivity contribution is 5.78. The molecule has 0 atom stereocenters. The maximum absolute atomic E-state index is 12.7. The molecule has 34 heavy (non-hydrogen) atoms. The van der Waals surface area contributed by atoms with Gasteiger partial charge in [0, 0.05) is 57.9 Å². The topological polar surface area (TPSA) is 44.8 Å². The summed E-state index contributed by atoms with van der Waals surface area (Å²) in [5.74, 6) is 0.0259. The molecule has 8 heteroatoms. The van der Waals surface area contributed by atoms with Crippen LogP contribution in [0.2, 0.25) is 0 Å². The molecule has 0 saturated carbocycles. The number of nitrogens with zero attached hydrogens (tertiary/aromatic N) is 2. The van der Waals surface area contributed by atoms with Gasteiger partial charge in [-0.05, 0) is 36.1 Å². The Morgan fingerprint density at radius 2 is 1.53 bits per heavy atom. The van der Waals surface area contributed by atoms with Crippen LogP contribution >= 0.6 is 0 Å². The van der Waals surface area contributed by atoms with E-state index in [9.17, 15) is 18.0 Å². The zero-order valence-electron chi connectivity index (χ0n) is 19.3. The van der Waals surface area contributed by atoms with Gasteiger partial charge >= 0.3 is 6.18 Å². The van der Waals surface area contributed by atoms with Crippen LogP contribution in [0.4, 0.5) is 13.2 Å². The molecule has 1 amide bonds. The lowest BCUT2D eigenvalue weighted by molar-refractivity contribution is -0.137. The van der Waals surface area contributed by atoms with Crippen molar-refractivity contribution in [2.75, 3.05) is 52.5 Å². The van der Waals surface area contributed by atoms with Gasteiger partial charge in [-0.15, -0.1) is 0 Å². The molecular formula is C26H32F3N3O2. The molecule has 4 rings (SSSR count). The van der Waals surface area contributed by atoms with Crippen molar-refractivity contribution in [3.05, 3.63) is 71.3 Å². The Morgan fingerprint density at radius 3 is 2.15 bits per heavy atom. The van der Waals surface area contributed by atoms with Crippen molar-refractivity contribution in [2.45, 2.75) is 31.0 Å². The van der Waals surface area contributed by atoms with E-state index in [1.165, 1.54) is 5.56 Å². The van der Waals surface area contributed by atoms with E-state index in [2.05, 4.69) is 27.2 Å². The molecule has 0 bridgehead atoms. The number of piperazine rings is 1. The van der Waals surface area contributed by atoms with Crippen LogP contribution in [-0.2, 0) is 27.7 Å². The highest BCUT2D eigenvalue weighted by Gasteiger charge is 2.35. The van der Waals surface area contributed by atoms with E-state index < -0.39 is 11.7 Å². The first kappa shape index (κ1) is 24.7. The van der Waals surface area contributed by atoms with Crippen LogP contribution in [-0.4, -0.2) is 68.2 Å². The lowest BCUT2D eigenvalue weighted by Crippen LogP contribution is -2.51. The lowest BCUT2D eigenvalue weighted by atomic mass is 9.74. The number of hydrogen-bond acceptors (Lipinski definition) is 4. The summed E-state index contributed by atoms with van der Waals surface area (Å²) in [4.78, 5) is 17.1. The number of ether oxygens (including phenoxy) is 1. The standard InChI is InChI=1S/C26H32F3N3O2/c27-26(28,29)23-8-6-21(7-9-23)18-31-12-14-32(15-13-31)19-24(33)30-20-25(10-16-34-17-11-25)22-4-2-1-3-5-22/h1-9H,10-20H2,(H,30,33). The molecule has 2 aliphatic rings. The van der Waals surface area contributed by atoms with Gasteiger partial charge in [-0.2, -0.15) is 13.2 Å². The van der Waals surface area contributed by atoms with E-state index >= 15 is 0 Å². The normalized spacial score (nSPS) is 19.6. The number of amides is 1. The van der Waals surface area contributed by atoms with Crippen LogP contribution in [0.25, 0.3) is 0 Å². The fraction of sp³-hybridized carbons (Fsp3) is 0.500. The molecular weight excluding hydrogens is 443 g/mol. The largest absolute Gasteiger partial charge is 0.416 e. The summed E-state index contributed by atoms with van der Waals surface area (Å²) in [7, 11) is 0. The van der Waals surface area contributed by atoms with Gasteiger partial charge in [0.15, 0.2) is 0 Å². The van der Waals surface area contributed by atoms with Gasteiger partial charge in [0.1, 0.15) is 0 Å². The quantitative estimate of drug-likeness (QED) is 0.664. The van der Waals surface area contributed by atoms with E-state index in [1.807, 2.05) is 18.2 Å². The number of rotatable bonds is 7. The predicted octanol–water partition coefficient (Wildman–Crippen LogP) is 3.69. The Morgan fingerprint density at radius 1 is 0.912 bits per heavy atom. The van der Waals surface area contributed by atoms with Gasteiger partial charge in [-0.25, -0.2) is 0 Å². The van der Waals surface area contributed by atoms with E-state index in [0.717, 1.165) is 56.7 Å². The third-order valence-electron chi connectivity index (χ3n) is 6.98. The monoisotopic (exact) mass is 475 g/mol. The van der Waals surface area contributed by atoms with Crippen LogP contribution < -0.4 is 5.32 Å². The second-order valence-corrected chi connectivity index (χ2v) is 9.28. The average molecular weight is 476 g/mol. The molecule has 2 aromatic rings. The minimum absolute atomic E-state index is 0.0259. The van der Waals surface area contributed by atoms with Crippen molar-refractivity contribution < 1.29 is 22.7 Å². The van der Waals surface area contributed by atoms with Gasteiger partial charge in [0.2, 0.25) is 5.91 Å². The van der Waals surface area contributed by atoms with Crippen LogP contribution in [0.1, 0.15) is 29.5 Å². The minimum atomic E-state index is -4.31. The van der Waals surface area contributed by atoms with Crippen molar-refractivity contribution in [3.8, 4) is 0 Å². The number of halogens is 3. The molecule has 0 aliphatic carbocycles. The number of carbonyl (C=O) groups excluding carboxylic acids is 1. The molecule has 0 unspecified atom stereocenters. The Kier molecular flexibility index (Phi) is 7.91. The number of nitrogens with one attached hydrogen (secondary N) is 1. The Bertz CT molecular complexity index is 921. The van der Waals surface area contributed by atoms with Gasteiger partial charge in [-0.3, -0.25) is 14.6 Å². The Labute approximate surface area is 198 Å². The molecule has 0 radical (unpaired) electrons. The molecule has 0 aromatic heterocycles. The van der Waals surface area contributed by atoms with Gasteiger partial charge in [0.05, 0.1) is 12.1 Å². The van der Waals surface area contributed by atoms with E-state index in [0.29, 0.717) is 32.8 Å². The number of hydrogen-bond donors (Lipinski definition) is 1. The smallest absolute Gasteiger partial charge is 0.381 e. The van der Waals surface area contributed by atoms with E-state index in [1.54, 1.807) is 12.1 Å². The first-order chi connectivity index (χ1) is 16.3. The summed E-state index contributed by atoms with van der Waals surface area (Å²) in [6.07, 6.45) is -2.53. The third kappa shape index (κ3) is 6.37. The Balaban J connectivity index is 1.23. The zero-order valence-corrected chi connectivity index (χ0v) is 19.3. The molecule has 2 aliphatic heterocycles. The fourth-order valence-corrected chi connectivity index (χ4v) is 4.81. The molecule has 2 saturated heterocycles. The summed E-state index contributed by atoms with van der Waals surface area (Å²) >= 11 is 0. The maximum Gasteiger partial charge on any atom is 0.416 e. The van der Waals surface area contributed by atoms with Gasteiger partial charge in [0.25, 0.3) is 0 Å². The summed E-state index contributed by atoms with van der Waals surface area (Å²) in [6, 6.07) is 15.7. The SMILES string of the molecule is O=C(CN1CCN(Cc2ccc(C(F)(F)F)cc2)CC1)NCC1(c2ccccc2)CCOCC1. The van der Waals surface area contributed by atoms with Crippen molar-refractivity contribution in [3.63, 3.8) is 0 Å². The predicted molar refractivity (Wildman–Crippen MR) is 124 cm³/mol. The zero-order chi connectivity index (χ0) is 24.0. The fourth-order valence-electron chi connectivity index (χ4n) is 4.81. The van der Waals surface area contributed by atoms with Crippen LogP contribution in [0.15, 0.2) is 54.6 Å². The van der Waals surface area contributed by atoms with Crippen molar-refractivity contribution >= 4 is 5.91 Å². The van der Waals surface area contributed by atoms with Crippen molar-refractivity contribution in [1.82, 2.24) is 15.1 Å². The summed E-state index contributed by atoms with van der Waals surface area (Å²) in [5, 5.41) is 3.17. The van der Waals surface area contributed by atoms with Crippen molar-refractivity contribution in [2.24, 2.45) is 0 Å². The third-order valence-corrected chi connectivity index (χ3v) is 6.98. The highest BCUT2D eigenvalue weighted by atomic mass is 19.4. The second-order valence-electron chi connectivity index (χ2n) is 9.28. The first-order valence-electron chi connectivity index (χ1n) is 11.8. The minimum Gasteiger partial charge on any atom is -0.381 e. The molecule has 2 aromatic carbocycles. The highest BCUT2D eigenvalue weighted by Crippen LogP contribution is 2.34. The lowest BCUT2D eigenvalue weighted by Gasteiger charge is -2.38. The summed E-state index contributed by atoms with van der Waals surface area (Å²) in [6.45, 7) is 6.04.